The van der Waals surface area contributed by atoms with E-state index in [1.54, 1.807) is 0 Å². The number of hydrogen-bond acceptors (Lipinski definition) is 6. The van der Waals surface area contributed by atoms with Gasteiger partial charge in [-0.25, -0.2) is 0 Å². The van der Waals surface area contributed by atoms with E-state index in [0.29, 0.717) is 26.4 Å². The van der Waals surface area contributed by atoms with Crippen molar-refractivity contribution in [2.75, 3.05) is 26.4 Å². The van der Waals surface area contributed by atoms with Gasteiger partial charge in [-0.05, 0) is 25.8 Å². The average Bonchev–Trinajstić information content (AvgIpc) is 2.93. The molecule has 2 heterocycles. The minimum Gasteiger partial charge on any atom is -0.379 e. The first-order valence-corrected chi connectivity index (χ1v) is 10.4. The molecule has 7 heteroatoms. The number of allylic oxidation sites excluding steroid dienone is 1. The quantitative estimate of drug-likeness (QED) is 0.372. The van der Waals surface area contributed by atoms with Crippen molar-refractivity contribution in [1.29, 1.82) is 0 Å². The molecule has 2 fully saturated rings. The normalized spacial score (nSPS) is 29.4. The molecule has 2 aliphatic rings. The first-order chi connectivity index (χ1) is 13.5. The standard InChI is InChI=1S/C21H35NO6/c1-5-7-12-25-15-18-19(26-13-8-6-2)21(10-14-27-21)20(28-18)22(17(4)24)11-9-16(3)23/h9,11,18-20H,5-8,10,12-15H2,1-4H3/b11-9-/t18-,19-,20-,21-/m1/s1. The highest BCUT2D eigenvalue weighted by molar-refractivity contribution is 5.88. The second kappa shape index (κ2) is 11.0. The van der Waals surface area contributed by atoms with Crippen LogP contribution in [0.25, 0.3) is 0 Å². The maximum absolute atomic E-state index is 12.3. The topological polar surface area (TPSA) is 74.3 Å². The maximum Gasteiger partial charge on any atom is 0.225 e. The third-order valence-corrected chi connectivity index (χ3v) is 5.21. The lowest BCUT2D eigenvalue weighted by molar-refractivity contribution is -0.239. The summed E-state index contributed by atoms with van der Waals surface area (Å²) in [4.78, 5) is 25.1. The van der Waals surface area contributed by atoms with Crippen molar-refractivity contribution >= 4 is 11.7 Å². The lowest BCUT2D eigenvalue weighted by Gasteiger charge is -2.47. The van der Waals surface area contributed by atoms with Gasteiger partial charge in [0.2, 0.25) is 5.91 Å². The Bertz CT molecular complexity index is 545. The largest absolute Gasteiger partial charge is 0.379 e. The first kappa shape index (κ1) is 23.0. The number of carbonyl (C=O) groups excluding carboxylic acids is 2. The summed E-state index contributed by atoms with van der Waals surface area (Å²) in [7, 11) is 0. The van der Waals surface area contributed by atoms with E-state index in [9.17, 15) is 9.59 Å². The molecule has 2 saturated heterocycles. The molecule has 2 rings (SSSR count). The summed E-state index contributed by atoms with van der Waals surface area (Å²) in [5.41, 5.74) is -0.723. The van der Waals surface area contributed by atoms with E-state index in [1.165, 1.54) is 31.0 Å². The van der Waals surface area contributed by atoms with Crippen LogP contribution in [-0.4, -0.2) is 67.1 Å². The van der Waals surface area contributed by atoms with Crippen LogP contribution in [-0.2, 0) is 28.5 Å². The van der Waals surface area contributed by atoms with E-state index in [2.05, 4.69) is 13.8 Å². The zero-order valence-electron chi connectivity index (χ0n) is 17.6. The van der Waals surface area contributed by atoms with Gasteiger partial charge in [0.1, 0.15) is 17.8 Å². The van der Waals surface area contributed by atoms with Gasteiger partial charge >= 0.3 is 0 Å². The predicted octanol–water partition coefficient (Wildman–Crippen LogP) is 2.82. The second-order valence-electron chi connectivity index (χ2n) is 7.51. The van der Waals surface area contributed by atoms with Gasteiger partial charge in [-0.2, -0.15) is 0 Å². The van der Waals surface area contributed by atoms with Gasteiger partial charge < -0.3 is 18.9 Å². The van der Waals surface area contributed by atoms with E-state index in [4.69, 9.17) is 18.9 Å². The molecule has 0 saturated carbocycles. The Morgan fingerprint density at radius 1 is 1.18 bits per heavy atom. The number of carbonyl (C=O) groups is 2. The van der Waals surface area contributed by atoms with E-state index in [1.807, 2.05) is 0 Å². The summed E-state index contributed by atoms with van der Waals surface area (Å²) in [6, 6.07) is 0. The SMILES string of the molecule is CCCCOC[C@H]1O[C@@H](N(/C=C\C(C)=O)C(C)=O)[C@@]2(CCO2)[C@@H]1OCCCC. The molecule has 0 aromatic heterocycles. The van der Waals surface area contributed by atoms with Crippen molar-refractivity contribution in [3.05, 3.63) is 12.3 Å². The van der Waals surface area contributed by atoms with Crippen molar-refractivity contribution < 1.29 is 28.5 Å². The molecule has 7 nitrogen and oxygen atoms in total. The van der Waals surface area contributed by atoms with Gasteiger partial charge in [-0.3, -0.25) is 14.5 Å². The molecule has 160 valence electrons. The van der Waals surface area contributed by atoms with E-state index in [0.717, 1.165) is 32.1 Å². The molecule has 1 amide bonds. The molecule has 0 aromatic carbocycles. The molecule has 28 heavy (non-hydrogen) atoms. The third kappa shape index (κ3) is 5.41. The molecule has 1 spiro atoms. The summed E-state index contributed by atoms with van der Waals surface area (Å²) in [5.74, 6) is -0.347. The van der Waals surface area contributed by atoms with Crippen LogP contribution in [0.3, 0.4) is 0 Å². The number of hydrogen-bond donors (Lipinski definition) is 0. The van der Waals surface area contributed by atoms with Crippen LogP contribution in [0.15, 0.2) is 12.3 Å². The number of ketones is 1. The van der Waals surface area contributed by atoms with Crippen LogP contribution in [0.1, 0.15) is 59.8 Å². The van der Waals surface area contributed by atoms with Gasteiger partial charge in [0.15, 0.2) is 12.0 Å². The summed E-state index contributed by atoms with van der Waals surface area (Å²) in [6.45, 7) is 9.39. The maximum atomic E-state index is 12.3. The van der Waals surface area contributed by atoms with E-state index >= 15 is 0 Å². The van der Waals surface area contributed by atoms with Gasteiger partial charge in [-0.1, -0.05) is 26.7 Å². The molecule has 0 radical (unpaired) electrons. The highest BCUT2D eigenvalue weighted by Crippen LogP contribution is 2.46. The fraction of sp³-hybridized carbons (Fsp3) is 0.810. The number of rotatable bonds is 12. The summed E-state index contributed by atoms with van der Waals surface area (Å²) >= 11 is 0. The Morgan fingerprint density at radius 3 is 2.39 bits per heavy atom. The summed E-state index contributed by atoms with van der Waals surface area (Å²) < 4.78 is 24.3. The second-order valence-corrected chi connectivity index (χ2v) is 7.51. The zero-order valence-corrected chi connectivity index (χ0v) is 17.6. The molecule has 2 aliphatic heterocycles. The van der Waals surface area contributed by atoms with Crippen LogP contribution in [0.2, 0.25) is 0 Å². The van der Waals surface area contributed by atoms with E-state index < -0.39 is 11.8 Å². The molecule has 0 aromatic rings. The van der Waals surface area contributed by atoms with Crippen LogP contribution in [0.4, 0.5) is 0 Å². The van der Waals surface area contributed by atoms with Crippen LogP contribution in [0, 0.1) is 0 Å². The third-order valence-electron chi connectivity index (χ3n) is 5.21. The van der Waals surface area contributed by atoms with Gasteiger partial charge in [-0.15, -0.1) is 0 Å². The smallest absolute Gasteiger partial charge is 0.225 e. The molecule has 0 unspecified atom stereocenters. The Kier molecular flexibility index (Phi) is 9.08. The molecule has 0 N–H and O–H groups in total. The Labute approximate surface area is 168 Å². The highest BCUT2D eigenvalue weighted by atomic mass is 16.6. The molecule has 0 bridgehead atoms. The van der Waals surface area contributed by atoms with Gasteiger partial charge in [0, 0.05) is 32.8 Å². The zero-order chi connectivity index (χ0) is 20.6. The van der Waals surface area contributed by atoms with Crippen LogP contribution in [0.5, 0.6) is 0 Å². The summed E-state index contributed by atoms with van der Waals surface area (Å²) in [6.07, 6.45) is 6.34. The fourth-order valence-corrected chi connectivity index (χ4v) is 3.57. The van der Waals surface area contributed by atoms with Crippen LogP contribution < -0.4 is 0 Å². The van der Waals surface area contributed by atoms with Crippen molar-refractivity contribution in [2.45, 2.75) is 83.8 Å². The van der Waals surface area contributed by atoms with Gasteiger partial charge in [0.05, 0.1) is 13.2 Å². The number of ether oxygens (including phenoxy) is 4. The highest BCUT2D eigenvalue weighted by Gasteiger charge is 2.64. The lowest BCUT2D eigenvalue weighted by Crippen LogP contribution is -2.63. The molecule has 0 aliphatic carbocycles. The Morgan fingerprint density at radius 2 is 1.86 bits per heavy atom. The molecule has 4 atom stereocenters. The Balaban J connectivity index is 2.21. The molecular formula is C21H35NO6. The predicted molar refractivity (Wildman–Crippen MR) is 105 cm³/mol. The first-order valence-electron chi connectivity index (χ1n) is 10.4. The van der Waals surface area contributed by atoms with Crippen molar-refractivity contribution in [3.63, 3.8) is 0 Å². The fourth-order valence-electron chi connectivity index (χ4n) is 3.57. The van der Waals surface area contributed by atoms with Crippen molar-refractivity contribution in [3.8, 4) is 0 Å². The van der Waals surface area contributed by atoms with Crippen molar-refractivity contribution in [1.82, 2.24) is 4.90 Å². The summed E-state index contributed by atoms with van der Waals surface area (Å²) in [5, 5.41) is 0. The number of nitrogens with zero attached hydrogens (tertiary/aromatic N) is 1. The monoisotopic (exact) mass is 397 g/mol. The van der Waals surface area contributed by atoms with E-state index in [-0.39, 0.29) is 23.9 Å². The Hall–Kier alpha value is -1.28. The minimum atomic E-state index is -0.723. The molecular weight excluding hydrogens is 362 g/mol. The number of amides is 1. The van der Waals surface area contributed by atoms with Crippen molar-refractivity contribution in [2.24, 2.45) is 0 Å². The minimum absolute atomic E-state index is 0.136. The lowest BCUT2D eigenvalue weighted by atomic mass is 9.85. The van der Waals surface area contributed by atoms with Gasteiger partial charge in [0.25, 0.3) is 0 Å². The average molecular weight is 398 g/mol. The number of unbranched alkanes of at least 4 members (excludes halogenated alkanes) is 2. The van der Waals surface area contributed by atoms with Crippen LogP contribution >= 0.6 is 0 Å².